The molecule has 0 fully saturated rings. The highest BCUT2D eigenvalue weighted by Gasteiger charge is 2.32. The molecule has 2 amide bonds. The van der Waals surface area contributed by atoms with Crippen molar-refractivity contribution in [3.63, 3.8) is 0 Å². The topological polar surface area (TPSA) is 87.5 Å². The number of hydrogen-bond acceptors (Lipinski definition) is 4. The number of aliphatic hydroxyl groups excluding tert-OH is 1. The second kappa shape index (κ2) is 7.90. The van der Waals surface area contributed by atoms with Crippen LogP contribution in [0.2, 0.25) is 0 Å². The minimum absolute atomic E-state index is 0.123. The number of nitrogens with one attached hydrogen (secondary N) is 1. The van der Waals surface area contributed by atoms with Gasteiger partial charge in [-0.3, -0.25) is 9.48 Å². The fraction of sp³-hybridized carbons (Fsp3) is 0.450. The van der Waals surface area contributed by atoms with Gasteiger partial charge in [0.15, 0.2) is 17.4 Å². The Balaban J connectivity index is 1.78. The summed E-state index contributed by atoms with van der Waals surface area (Å²) < 4.78 is 28.2. The first-order chi connectivity index (χ1) is 13.6. The van der Waals surface area contributed by atoms with Crippen LogP contribution >= 0.6 is 0 Å². The molecule has 0 unspecified atom stereocenters. The van der Waals surface area contributed by atoms with Crippen molar-refractivity contribution in [1.82, 2.24) is 14.7 Å². The zero-order chi connectivity index (χ0) is 21.3. The van der Waals surface area contributed by atoms with Crippen molar-refractivity contribution in [2.75, 3.05) is 11.9 Å². The lowest BCUT2D eigenvalue weighted by Gasteiger charge is -2.34. The average molecular weight is 406 g/mol. The Bertz CT molecular complexity index is 942. The highest BCUT2D eigenvalue weighted by atomic mass is 19.2. The van der Waals surface area contributed by atoms with E-state index in [1.807, 2.05) is 6.92 Å². The van der Waals surface area contributed by atoms with Gasteiger partial charge in [0.05, 0.1) is 36.6 Å². The number of rotatable bonds is 5. The molecule has 0 bridgehead atoms. The molecule has 7 nitrogen and oxygen atoms in total. The number of aliphatic hydroxyl groups is 1. The summed E-state index contributed by atoms with van der Waals surface area (Å²) >= 11 is 0. The number of halogens is 2. The molecule has 2 heterocycles. The molecule has 1 aliphatic heterocycles. The number of fused-ring (bicyclic) bond motifs is 1. The van der Waals surface area contributed by atoms with Crippen LogP contribution in [-0.2, 0) is 13.1 Å². The van der Waals surface area contributed by atoms with Crippen molar-refractivity contribution in [1.29, 1.82) is 0 Å². The molecule has 2 N–H and O–H groups in total. The van der Waals surface area contributed by atoms with E-state index < -0.39 is 23.1 Å². The predicted octanol–water partition coefficient (Wildman–Crippen LogP) is 3.19. The van der Waals surface area contributed by atoms with Crippen LogP contribution in [0.4, 0.5) is 19.3 Å². The SMILES string of the molecule is C[C@H]1Cn2ncc(C(=O)CC(C)(C)CO)c2CN1C(=O)Nc1ccc(F)c(F)c1. The van der Waals surface area contributed by atoms with E-state index in [0.717, 1.165) is 12.1 Å². The first-order valence-corrected chi connectivity index (χ1v) is 9.33. The minimum atomic E-state index is -1.05. The molecule has 3 rings (SSSR count). The van der Waals surface area contributed by atoms with Crippen LogP contribution in [0.25, 0.3) is 0 Å². The lowest BCUT2D eigenvalue weighted by molar-refractivity contribution is 0.0854. The zero-order valence-electron chi connectivity index (χ0n) is 16.6. The summed E-state index contributed by atoms with van der Waals surface area (Å²) in [5.74, 6) is -2.19. The molecule has 0 spiro atoms. The Morgan fingerprint density at radius 1 is 1.31 bits per heavy atom. The van der Waals surface area contributed by atoms with E-state index in [9.17, 15) is 23.5 Å². The number of carbonyl (C=O) groups excluding carboxylic acids is 2. The van der Waals surface area contributed by atoms with Crippen LogP contribution in [0.3, 0.4) is 0 Å². The van der Waals surface area contributed by atoms with Gasteiger partial charge in [0.1, 0.15) is 0 Å². The molecule has 156 valence electrons. The summed E-state index contributed by atoms with van der Waals surface area (Å²) in [6, 6.07) is 2.44. The summed E-state index contributed by atoms with van der Waals surface area (Å²) in [6.45, 7) is 5.86. The Hall–Kier alpha value is -2.81. The van der Waals surface area contributed by atoms with Crippen molar-refractivity contribution >= 4 is 17.5 Å². The first kappa shape index (κ1) is 20.9. The maximum Gasteiger partial charge on any atom is 0.322 e. The molecule has 1 aromatic carbocycles. The molecule has 9 heteroatoms. The Kier molecular flexibility index (Phi) is 5.70. The monoisotopic (exact) mass is 406 g/mol. The van der Waals surface area contributed by atoms with Crippen LogP contribution in [0.1, 0.15) is 43.2 Å². The second-order valence-corrected chi connectivity index (χ2v) is 8.15. The summed E-state index contributed by atoms with van der Waals surface area (Å²) in [5.41, 5.74) is 0.616. The van der Waals surface area contributed by atoms with Gasteiger partial charge >= 0.3 is 6.03 Å². The van der Waals surface area contributed by atoms with Crippen molar-refractivity contribution in [3.8, 4) is 0 Å². The van der Waals surface area contributed by atoms with E-state index in [1.165, 1.54) is 17.2 Å². The largest absolute Gasteiger partial charge is 0.396 e. The first-order valence-electron chi connectivity index (χ1n) is 9.33. The predicted molar refractivity (Wildman–Crippen MR) is 102 cm³/mol. The van der Waals surface area contributed by atoms with Gasteiger partial charge in [-0.1, -0.05) is 13.8 Å². The van der Waals surface area contributed by atoms with Gasteiger partial charge in [0.2, 0.25) is 0 Å². The van der Waals surface area contributed by atoms with Gasteiger partial charge in [0.25, 0.3) is 0 Å². The number of carbonyl (C=O) groups is 2. The number of amides is 2. The number of ketones is 1. The third kappa shape index (κ3) is 4.45. The number of hydrogen-bond donors (Lipinski definition) is 2. The molecule has 29 heavy (non-hydrogen) atoms. The van der Waals surface area contributed by atoms with Gasteiger partial charge in [-0.25, -0.2) is 13.6 Å². The normalized spacial score (nSPS) is 16.5. The lowest BCUT2D eigenvalue weighted by atomic mass is 9.86. The Morgan fingerprint density at radius 3 is 2.69 bits per heavy atom. The molecule has 1 atom stereocenters. The van der Waals surface area contributed by atoms with Crippen molar-refractivity contribution in [2.45, 2.75) is 46.3 Å². The maximum atomic E-state index is 13.4. The van der Waals surface area contributed by atoms with E-state index in [0.29, 0.717) is 17.8 Å². The highest BCUT2D eigenvalue weighted by molar-refractivity contribution is 5.97. The standard InChI is InChI=1S/C20H24F2N4O3/c1-12-9-26-17(14(8-23-26)18(28)7-20(2,3)11-27)10-25(12)19(29)24-13-4-5-15(21)16(22)6-13/h4-6,8,12,27H,7,9-11H2,1-3H3,(H,24,29)/t12-/m0/s1. The van der Waals surface area contributed by atoms with E-state index in [4.69, 9.17) is 0 Å². The van der Waals surface area contributed by atoms with Crippen LogP contribution < -0.4 is 5.32 Å². The van der Waals surface area contributed by atoms with Crippen molar-refractivity contribution < 1.29 is 23.5 Å². The summed E-state index contributed by atoms with van der Waals surface area (Å²) in [4.78, 5) is 26.9. The fourth-order valence-corrected chi connectivity index (χ4v) is 3.26. The van der Waals surface area contributed by atoms with Crippen molar-refractivity contribution in [2.24, 2.45) is 5.41 Å². The van der Waals surface area contributed by atoms with Gasteiger partial charge in [-0.2, -0.15) is 5.10 Å². The van der Waals surface area contributed by atoms with Gasteiger partial charge in [-0.05, 0) is 24.5 Å². The molecule has 1 aliphatic rings. The Morgan fingerprint density at radius 2 is 2.03 bits per heavy atom. The van der Waals surface area contributed by atoms with Crippen LogP contribution in [0.5, 0.6) is 0 Å². The van der Waals surface area contributed by atoms with Crippen LogP contribution in [0.15, 0.2) is 24.4 Å². The zero-order valence-corrected chi connectivity index (χ0v) is 16.6. The average Bonchev–Trinajstić information content (AvgIpc) is 3.06. The Labute approximate surface area is 167 Å². The molecule has 1 aromatic heterocycles. The molecule has 0 saturated heterocycles. The van der Waals surface area contributed by atoms with Crippen LogP contribution in [-0.4, -0.2) is 44.3 Å². The van der Waals surface area contributed by atoms with E-state index >= 15 is 0 Å². The maximum absolute atomic E-state index is 13.4. The molecule has 0 saturated carbocycles. The third-order valence-electron chi connectivity index (χ3n) is 5.04. The van der Waals surface area contributed by atoms with E-state index in [1.54, 1.807) is 18.5 Å². The third-order valence-corrected chi connectivity index (χ3v) is 5.04. The molecular weight excluding hydrogens is 382 g/mol. The quantitative estimate of drug-likeness (QED) is 0.747. The molecular formula is C20H24F2N4O3. The number of Topliss-reactive ketones (excluding diaryl/α,β-unsaturated/α-hetero) is 1. The number of nitrogens with zero attached hydrogens (tertiary/aromatic N) is 3. The fourth-order valence-electron chi connectivity index (χ4n) is 3.26. The minimum Gasteiger partial charge on any atom is -0.396 e. The van der Waals surface area contributed by atoms with Gasteiger partial charge in [-0.15, -0.1) is 0 Å². The molecule has 0 radical (unpaired) electrons. The summed E-state index contributed by atoms with van der Waals surface area (Å²) in [6.07, 6.45) is 1.65. The number of anilines is 1. The highest BCUT2D eigenvalue weighted by Crippen LogP contribution is 2.27. The lowest BCUT2D eigenvalue weighted by Crippen LogP contribution is -2.47. The smallest absolute Gasteiger partial charge is 0.322 e. The molecule has 2 aromatic rings. The summed E-state index contributed by atoms with van der Waals surface area (Å²) in [7, 11) is 0. The number of benzene rings is 1. The van der Waals surface area contributed by atoms with Crippen LogP contribution in [0, 0.1) is 17.0 Å². The van der Waals surface area contributed by atoms with E-state index in [2.05, 4.69) is 10.4 Å². The van der Waals surface area contributed by atoms with Gasteiger partial charge < -0.3 is 15.3 Å². The summed E-state index contributed by atoms with van der Waals surface area (Å²) in [5, 5.41) is 16.2. The number of urea groups is 1. The van der Waals surface area contributed by atoms with E-state index in [-0.39, 0.29) is 37.1 Å². The van der Waals surface area contributed by atoms with Gasteiger partial charge in [0, 0.05) is 24.8 Å². The van der Waals surface area contributed by atoms with Crippen molar-refractivity contribution in [3.05, 3.63) is 47.3 Å². The number of aromatic nitrogens is 2. The second-order valence-electron chi connectivity index (χ2n) is 8.15. The molecule has 0 aliphatic carbocycles.